The zero-order valence-corrected chi connectivity index (χ0v) is 12.1. The van der Waals surface area contributed by atoms with Crippen LogP contribution in [0.3, 0.4) is 0 Å². The highest BCUT2D eigenvalue weighted by atomic mass is 35.5. The van der Waals surface area contributed by atoms with Gasteiger partial charge < -0.3 is 10.5 Å². The normalized spacial score (nSPS) is 12.2. The van der Waals surface area contributed by atoms with Gasteiger partial charge in [0.15, 0.2) is 0 Å². The van der Waals surface area contributed by atoms with Crippen molar-refractivity contribution in [3.05, 3.63) is 63.6 Å². The van der Waals surface area contributed by atoms with Crippen molar-refractivity contribution in [2.24, 2.45) is 5.73 Å². The summed E-state index contributed by atoms with van der Waals surface area (Å²) in [5.74, 6) is 0.644. The van der Waals surface area contributed by atoms with E-state index in [1.807, 2.05) is 36.4 Å². The highest BCUT2D eigenvalue weighted by Crippen LogP contribution is 2.28. The number of benzene rings is 2. The van der Waals surface area contributed by atoms with Crippen molar-refractivity contribution >= 4 is 23.2 Å². The van der Waals surface area contributed by atoms with E-state index in [4.69, 9.17) is 33.7 Å². The molecule has 1 unspecified atom stereocenters. The molecule has 0 amide bonds. The molecule has 2 aromatic carbocycles. The average Bonchev–Trinajstić information content (AvgIpc) is 2.42. The second kappa shape index (κ2) is 6.29. The molecule has 4 heteroatoms. The molecular weight excluding hydrogens is 281 g/mol. The average molecular weight is 296 g/mol. The van der Waals surface area contributed by atoms with Gasteiger partial charge in [0.25, 0.3) is 0 Å². The maximum atomic E-state index is 6.21. The van der Waals surface area contributed by atoms with Crippen molar-refractivity contribution in [2.75, 3.05) is 7.11 Å². The highest BCUT2D eigenvalue weighted by Gasteiger charge is 2.10. The molecule has 0 heterocycles. The van der Waals surface area contributed by atoms with E-state index in [0.29, 0.717) is 10.8 Å². The fraction of sp³-hybridized carbons (Fsp3) is 0.200. The van der Waals surface area contributed by atoms with Gasteiger partial charge in [0.05, 0.1) is 12.1 Å². The number of methoxy groups -OCH3 is 1. The summed E-state index contributed by atoms with van der Waals surface area (Å²) >= 11 is 11.9. The second-order valence-electron chi connectivity index (χ2n) is 4.33. The van der Waals surface area contributed by atoms with Crippen molar-refractivity contribution in [3.8, 4) is 5.75 Å². The molecule has 19 heavy (non-hydrogen) atoms. The largest absolute Gasteiger partial charge is 0.495 e. The predicted molar refractivity (Wildman–Crippen MR) is 80.1 cm³/mol. The number of hydrogen-bond acceptors (Lipinski definition) is 2. The van der Waals surface area contributed by atoms with E-state index in [9.17, 15) is 0 Å². The van der Waals surface area contributed by atoms with Crippen LogP contribution in [0.5, 0.6) is 5.75 Å². The van der Waals surface area contributed by atoms with Gasteiger partial charge in [-0.15, -0.1) is 0 Å². The van der Waals surface area contributed by atoms with Crippen LogP contribution in [0.4, 0.5) is 0 Å². The first-order chi connectivity index (χ1) is 9.10. The Kier molecular flexibility index (Phi) is 4.70. The monoisotopic (exact) mass is 295 g/mol. The van der Waals surface area contributed by atoms with Gasteiger partial charge >= 0.3 is 0 Å². The van der Waals surface area contributed by atoms with Crippen molar-refractivity contribution in [1.82, 2.24) is 0 Å². The second-order valence-corrected chi connectivity index (χ2v) is 5.17. The van der Waals surface area contributed by atoms with Crippen LogP contribution in [0.25, 0.3) is 0 Å². The molecule has 2 nitrogen and oxygen atoms in total. The van der Waals surface area contributed by atoms with Crippen molar-refractivity contribution < 1.29 is 4.74 Å². The van der Waals surface area contributed by atoms with Gasteiger partial charge in [-0.05, 0) is 41.8 Å². The Morgan fingerprint density at radius 2 is 1.79 bits per heavy atom. The predicted octanol–water partition coefficient (Wildman–Crippen LogP) is 4.24. The van der Waals surface area contributed by atoms with Gasteiger partial charge in [0.1, 0.15) is 5.75 Å². The van der Waals surface area contributed by atoms with Gasteiger partial charge in [-0.1, -0.05) is 41.4 Å². The minimum atomic E-state index is -0.104. The Morgan fingerprint density at radius 1 is 1.11 bits per heavy atom. The van der Waals surface area contributed by atoms with E-state index in [1.165, 1.54) is 0 Å². The first-order valence-corrected chi connectivity index (χ1v) is 6.69. The third-order valence-corrected chi connectivity index (χ3v) is 3.54. The quantitative estimate of drug-likeness (QED) is 0.915. The summed E-state index contributed by atoms with van der Waals surface area (Å²) in [4.78, 5) is 0. The molecule has 0 spiro atoms. The molecule has 2 aromatic rings. The lowest BCUT2D eigenvalue weighted by atomic mass is 9.99. The third-order valence-electron chi connectivity index (χ3n) is 2.97. The Bertz CT molecular complexity index is 555. The van der Waals surface area contributed by atoms with E-state index >= 15 is 0 Å². The SMILES string of the molecule is COc1cc(C(N)Cc2ccc(Cl)cc2)ccc1Cl. The Morgan fingerprint density at radius 3 is 2.42 bits per heavy atom. The molecule has 0 saturated carbocycles. The maximum Gasteiger partial charge on any atom is 0.137 e. The standard InChI is InChI=1S/C15H15Cl2NO/c1-19-15-9-11(4-7-13(15)17)14(18)8-10-2-5-12(16)6-3-10/h2-7,9,14H,8,18H2,1H3. The lowest BCUT2D eigenvalue weighted by molar-refractivity contribution is 0.414. The number of halogens is 2. The van der Waals surface area contributed by atoms with Gasteiger partial charge in [-0.3, -0.25) is 0 Å². The lowest BCUT2D eigenvalue weighted by Crippen LogP contribution is -2.13. The first kappa shape index (κ1) is 14.2. The van der Waals surface area contributed by atoms with E-state index in [-0.39, 0.29) is 6.04 Å². The Labute approximate surface area is 123 Å². The van der Waals surface area contributed by atoms with Crippen LogP contribution >= 0.6 is 23.2 Å². The lowest BCUT2D eigenvalue weighted by Gasteiger charge is -2.14. The van der Waals surface area contributed by atoms with Crippen LogP contribution < -0.4 is 10.5 Å². The molecule has 2 N–H and O–H groups in total. The van der Waals surface area contributed by atoms with Crippen LogP contribution in [0.2, 0.25) is 10.0 Å². The van der Waals surface area contributed by atoms with Crippen LogP contribution in [-0.2, 0) is 6.42 Å². The minimum absolute atomic E-state index is 0.104. The highest BCUT2D eigenvalue weighted by molar-refractivity contribution is 6.32. The molecule has 100 valence electrons. The van der Waals surface area contributed by atoms with E-state index in [0.717, 1.165) is 22.6 Å². The molecule has 1 atom stereocenters. The fourth-order valence-corrected chi connectivity index (χ4v) is 2.22. The molecule has 0 fully saturated rings. The molecule has 0 aliphatic rings. The summed E-state index contributed by atoms with van der Waals surface area (Å²) in [6, 6.07) is 13.2. The molecule has 2 rings (SSSR count). The summed E-state index contributed by atoms with van der Waals surface area (Å²) in [6.45, 7) is 0. The summed E-state index contributed by atoms with van der Waals surface area (Å²) in [6.07, 6.45) is 0.738. The number of rotatable bonds is 4. The molecule has 0 saturated heterocycles. The topological polar surface area (TPSA) is 35.2 Å². The molecule has 0 bridgehead atoms. The van der Waals surface area contributed by atoms with Crippen molar-refractivity contribution in [3.63, 3.8) is 0 Å². The van der Waals surface area contributed by atoms with Crippen LogP contribution in [0.1, 0.15) is 17.2 Å². The molecule has 0 aliphatic heterocycles. The molecule has 0 aliphatic carbocycles. The summed E-state index contributed by atoms with van der Waals surface area (Å²) < 4.78 is 5.20. The smallest absolute Gasteiger partial charge is 0.137 e. The van der Waals surface area contributed by atoms with E-state index in [2.05, 4.69) is 0 Å². The maximum absolute atomic E-state index is 6.21. The van der Waals surface area contributed by atoms with Gasteiger partial charge in [-0.2, -0.15) is 0 Å². The first-order valence-electron chi connectivity index (χ1n) is 5.93. The van der Waals surface area contributed by atoms with E-state index < -0.39 is 0 Å². The molecule has 0 radical (unpaired) electrons. The summed E-state index contributed by atoms with van der Waals surface area (Å²) in [5, 5.41) is 1.32. The summed E-state index contributed by atoms with van der Waals surface area (Å²) in [5.41, 5.74) is 8.35. The zero-order chi connectivity index (χ0) is 13.8. The third kappa shape index (κ3) is 3.63. The summed E-state index contributed by atoms with van der Waals surface area (Å²) in [7, 11) is 1.59. The van der Waals surface area contributed by atoms with E-state index in [1.54, 1.807) is 13.2 Å². The fourth-order valence-electron chi connectivity index (χ4n) is 1.90. The van der Waals surface area contributed by atoms with Crippen LogP contribution in [-0.4, -0.2) is 7.11 Å². The molecular formula is C15H15Cl2NO. The molecule has 0 aromatic heterocycles. The number of hydrogen-bond donors (Lipinski definition) is 1. The van der Waals surface area contributed by atoms with Crippen LogP contribution in [0.15, 0.2) is 42.5 Å². The van der Waals surface area contributed by atoms with Gasteiger partial charge in [0, 0.05) is 11.1 Å². The van der Waals surface area contributed by atoms with Crippen molar-refractivity contribution in [1.29, 1.82) is 0 Å². The Balaban J connectivity index is 2.15. The Hall–Kier alpha value is -1.22. The number of ether oxygens (including phenoxy) is 1. The van der Waals surface area contributed by atoms with Crippen LogP contribution in [0, 0.1) is 0 Å². The van der Waals surface area contributed by atoms with Gasteiger partial charge in [-0.25, -0.2) is 0 Å². The zero-order valence-electron chi connectivity index (χ0n) is 10.6. The van der Waals surface area contributed by atoms with Crippen molar-refractivity contribution in [2.45, 2.75) is 12.5 Å². The minimum Gasteiger partial charge on any atom is -0.495 e. The van der Waals surface area contributed by atoms with Gasteiger partial charge in [0.2, 0.25) is 0 Å². The number of nitrogens with two attached hydrogens (primary N) is 1.